The van der Waals surface area contributed by atoms with Crippen molar-refractivity contribution in [1.82, 2.24) is 5.32 Å². The minimum Gasteiger partial charge on any atom is -0.490 e. The van der Waals surface area contributed by atoms with Gasteiger partial charge in [0.05, 0.1) is 0 Å². The van der Waals surface area contributed by atoms with Crippen molar-refractivity contribution >= 4 is 0 Å². The van der Waals surface area contributed by atoms with Gasteiger partial charge in [-0.1, -0.05) is 37.3 Å². The lowest BCUT2D eigenvalue weighted by atomic mass is 10.2. The van der Waals surface area contributed by atoms with Gasteiger partial charge in [0.15, 0.2) is 0 Å². The van der Waals surface area contributed by atoms with Crippen molar-refractivity contribution in [2.45, 2.75) is 13.5 Å². The maximum atomic E-state index is 5.64. The Morgan fingerprint density at radius 2 is 1.40 bits per heavy atom. The molecule has 0 saturated heterocycles. The van der Waals surface area contributed by atoms with Crippen LogP contribution >= 0.6 is 0 Å². The van der Waals surface area contributed by atoms with Gasteiger partial charge in [-0.3, -0.25) is 0 Å². The molecule has 0 spiro atoms. The molecule has 3 heteroatoms. The first kappa shape index (κ1) is 14.4. The molecule has 2 aromatic rings. The molecule has 0 bridgehead atoms. The quantitative estimate of drug-likeness (QED) is 0.748. The van der Waals surface area contributed by atoms with Crippen LogP contribution in [0, 0.1) is 0 Å². The van der Waals surface area contributed by atoms with Gasteiger partial charge in [0.1, 0.15) is 24.7 Å². The van der Waals surface area contributed by atoms with Crippen LogP contribution in [0.3, 0.4) is 0 Å². The maximum Gasteiger partial charge on any atom is 0.122 e. The molecule has 2 aromatic carbocycles. The summed E-state index contributed by atoms with van der Waals surface area (Å²) in [5.74, 6) is 1.75. The van der Waals surface area contributed by atoms with E-state index < -0.39 is 0 Å². The van der Waals surface area contributed by atoms with Crippen LogP contribution in [0.5, 0.6) is 11.5 Å². The van der Waals surface area contributed by atoms with Crippen LogP contribution in [0.2, 0.25) is 0 Å². The van der Waals surface area contributed by atoms with E-state index in [0.717, 1.165) is 24.6 Å². The van der Waals surface area contributed by atoms with Gasteiger partial charge >= 0.3 is 0 Å². The van der Waals surface area contributed by atoms with Crippen LogP contribution < -0.4 is 14.8 Å². The summed E-state index contributed by atoms with van der Waals surface area (Å²) in [4.78, 5) is 0. The first-order valence-corrected chi connectivity index (χ1v) is 6.99. The second kappa shape index (κ2) is 8.23. The number of benzene rings is 2. The molecule has 0 unspecified atom stereocenters. The largest absolute Gasteiger partial charge is 0.490 e. The summed E-state index contributed by atoms with van der Waals surface area (Å²) in [5.41, 5.74) is 1.26. The number of para-hydroxylation sites is 1. The van der Waals surface area contributed by atoms with Crippen molar-refractivity contribution in [2.75, 3.05) is 19.8 Å². The fourth-order valence-corrected chi connectivity index (χ4v) is 1.81. The molecule has 2 rings (SSSR count). The van der Waals surface area contributed by atoms with Crippen LogP contribution in [0.4, 0.5) is 0 Å². The molecule has 0 aromatic heterocycles. The molecular weight excluding hydrogens is 250 g/mol. The normalized spacial score (nSPS) is 10.2. The van der Waals surface area contributed by atoms with Gasteiger partial charge < -0.3 is 14.8 Å². The molecule has 0 heterocycles. The fraction of sp³-hybridized carbons (Fsp3) is 0.294. The van der Waals surface area contributed by atoms with Gasteiger partial charge in [0.25, 0.3) is 0 Å². The average Bonchev–Trinajstić information content (AvgIpc) is 2.52. The molecule has 0 aliphatic carbocycles. The maximum absolute atomic E-state index is 5.64. The highest BCUT2D eigenvalue weighted by Gasteiger charge is 1.96. The molecule has 0 fully saturated rings. The Bertz CT molecular complexity index is 482. The highest BCUT2D eigenvalue weighted by molar-refractivity contribution is 5.27. The van der Waals surface area contributed by atoms with Gasteiger partial charge in [0.2, 0.25) is 0 Å². The van der Waals surface area contributed by atoms with Crippen LogP contribution in [0.15, 0.2) is 54.6 Å². The molecule has 0 radical (unpaired) electrons. The second-order valence-electron chi connectivity index (χ2n) is 4.43. The van der Waals surface area contributed by atoms with Gasteiger partial charge in [-0.25, -0.2) is 0 Å². The predicted molar refractivity (Wildman–Crippen MR) is 81.3 cm³/mol. The minimum atomic E-state index is 0.543. The molecule has 0 aliphatic heterocycles. The number of ether oxygens (including phenoxy) is 2. The summed E-state index contributed by atoms with van der Waals surface area (Å²) in [6, 6.07) is 17.9. The first-order chi connectivity index (χ1) is 9.88. The van der Waals surface area contributed by atoms with E-state index in [1.54, 1.807) is 0 Å². The van der Waals surface area contributed by atoms with E-state index in [9.17, 15) is 0 Å². The van der Waals surface area contributed by atoms with Crippen molar-refractivity contribution in [1.29, 1.82) is 0 Å². The Kier molecular flexibility index (Phi) is 5.93. The third kappa shape index (κ3) is 4.94. The lowest BCUT2D eigenvalue weighted by Crippen LogP contribution is -2.11. The van der Waals surface area contributed by atoms with E-state index in [-0.39, 0.29) is 0 Å². The second-order valence-corrected chi connectivity index (χ2v) is 4.43. The number of hydrogen-bond donors (Lipinski definition) is 1. The number of nitrogens with one attached hydrogen (secondary N) is 1. The Morgan fingerprint density at radius 3 is 2.00 bits per heavy atom. The summed E-state index contributed by atoms with van der Waals surface area (Å²) in [7, 11) is 0. The monoisotopic (exact) mass is 271 g/mol. The molecule has 106 valence electrons. The molecule has 0 saturated carbocycles. The van der Waals surface area contributed by atoms with Crippen molar-refractivity contribution in [3.63, 3.8) is 0 Å². The molecule has 0 atom stereocenters. The number of rotatable bonds is 8. The van der Waals surface area contributed by atoms with Crippen molar-refractivity contribution in [3.8, 4) is 11.5 Å². The summed E-state index contributed by atoms with van der Waals surface area (Å²) in [6.07, 6.45) is 0. The van der Waals surface area contributed by atoms with Crippen molar-refractivity contribution < 1.29 is 9.47 Å². The Balaban J connectivity index is 1.69. The van der Waals surface area contributed by atoms with Gasteiger partial charge in [-0.2, -0.15) is 0 Å². The minimum absolute atomic E-state index is 0.543. The highest BCUT2D eigenvalue weighted by atomic mass is 16.5. The third-order valence-electron chi connectivity index (χ3n) is 2.87. The van der Waals surface area contributed by atoms with Crippen LogP contribution in [-0.2, 0) is 6.54 Å². The van der Waals surface area contributed by atoms with Crippen molar-refractivity contribution in [3.05, 3.63) is 60.2 Å². The third-order valence-corrected chi connectivity index (χ3v) is 2.87. The molecule has 20 heavy (non-hydrogen) atoms. The Hall–Kier alpha value is -2.00. The number of hydrogen-bond acceptors (Lipinski definition) is 3. The van der Waals surface area contributed by atoms with E-state index in [1.165, 1.54) is 5.56 Å². The smallest absolute Gasteiger partial charge is 0.122 e. The summed E-state index contributed by atoms with van der Waals surface area (Å²) < 4.78 is 11.2. The molecule has 0 amide bonds. The zero-order chi connectivity index (χ0) is 14.0. The SMILES string of the molecule is CCNCc1ccc(OCCOc2ccccc2)cc1. The van der Waals surface area contributed by atoms with E-state index in [4.69, 9.17) is 9.47 Å². The van der Waals surface area contributed by atoms with Gasteiger partial charge in [-0.15, -0.1) is 0 Å². The predicted octanol–water partition coefficient (Wildman–Crippen LogP) is 3.25. The van der Waals surface area contributed by atoms with Crippen LogP contribution in [0.1, 0.15) is 12.5 Å². The lowest BCUT2D eigenvalue weighted by Gasteiger charge is -2.09. The summed E-state index contributed by atoms with van der Waals surface area (Å²) in [5, 5.41) is 3.29. The topological polar surface area (TPSA) is 30.5 Å². The fourth-order valence-electron chi connectivity index (χ4n) is 1.81. The average molecular weight is 271 g/mol. The summed E-state index contributed by atoms with van der Waals surface area (Å²) >= 11 is 0. The van der Waals surface area contributed by atoms with Crippen molar-refractivity contribution in [2.24, 2.45) is 0 Å². The summed E-state index contributed by atoms with van der Waals surface area (Å²) in [6.45, 7) is 5.07. The zero-order valence-electron chi connectivity index (χ0n) is 11.8. The highest BCUT2D eigenvalue weighted by Crippen LogP contribution is 2.12. The van der Waals surface area contributed by atoms with E-state index >= 15 is 0 Å². The molecule has 3 nitrogen and oxygen atoms in total. The van der Waals surface area contributed by atoms with E-state index in [1.807, 2.05) is 42.5 Å². The zero-order valence-corrected chi connectivity index (χ0v) is 11.8. The Labute approximate surface area is 120 Å². The van der Waals surface area contributed by atoms with Gasteiger partial charge in [-0.05, 0) is 36.4 Å². The standard InChI is InChI=1S/C17H21NO2/c1-2-18-14-15-8-10-17(11-9-15)20-13-12-19-16-6-4-3-5-7-16/h3-11,18H,2,12-14H2,1H3. The van der Waals surface area contributed by atoms with E-state index in [0.29, 0.717) is 13.2 Å². The first-order valence-electron chi connectivity index (χ1n) is 6.99. The van der Waals surface area contributed by atoms with Gasteiger partial charge in [0, 0.05) is 6.54 Å². The van der Waals surface area contributed by atoms with Crippen LogP contribution in [0.25, 0.3) is 0 Å². The Morgan fingerprint density at radius 1 is 0.800 bits per heavy atom. The molecule has 0 aliphatic rings. The molecule has 1 N–H and O–H groups in total. The lowest BCUT2D eigenvalue weighted by molar-refractivity contribution is 0.217. The molecular formula is C17H21NO2. The van der Waals surface area contributed by atoms with E-state index in [2.05, 4.69) is 24.4 Å². The van der Waals surface area contributed by atoms with Crippen LogP contribution in [-0.4, -0.2) is 19.8 Å².